The van der Waals surface area contributed by atoms with Gasteiger partial charge in [-0.2, -0.15) is 0 Å². The minimum atomic E-state index is -0.912. The van der Waals surface area contributed by atoms with Gasteiger partial charge in [0.1, 0.15) is 5.78 Å². The van der Waals surface area contributed by atoms with Gasteiger partial charge in [-0.05, 0) is 24.1 Å². The third-order valence-electron chi connectivity index (χ3n) is 3.45. The molecule has 20 heavy (non-hydrogen) atoms. The minimum Gasteiger partial charge on any atom is -0.388 e. The lowest BCUT2D eigenvalue weighted by atomic mass is 9.91. The molecule has 0 aromatic heterocycles. The lowest BCUT2D eigenvalue weighted by Crippen LogP contribution is -2.19. The number of nitrogens with zero attached hydrogens (tertiary/aromatic N) is 1. The van der Waals surface area contributed by atoms with E-state index < -0.39 is 16.9 Å². The second kappa shape index (κ2) is 7.75. The van der Waals surface area contributed by atoms with Gasteiger partial charge < -0.3 is 5.11 Å². The van der Waals surface area contributed by atoms with E-state index in [0.29, 0.717) is 12.0 Å². The number of aliphatic hydroxyl groups excluding tert-OH is 1. The molecule has 1 rings (SSSR count). The Morgan fingerprint density at radius 1 is 1.30 bits per heavy atom. The summed E-state index contributed by atoms with van der Waals surface area (Å²) in [4.78, 5) is 22.0. The summed E-state index contributed by atoms with van der Waals surface area (Å²) in [6.07, 6.45) is 2.45. The molecule has 0 radical (unpaired) electrons. The van der Waals surface area contributed by atoms with Crippen LogP contribution in [0.3, 0.4) is 0 Å². The molecule has 0 spiro atoms. The fourth-order valence-corrected chi connectivity index (χ4v) is 2.03. The van der Waals surface area contributed by atoms with Crippen LogP contribution >= 0.6 is 0 Å². The van der Waals surface area contributed by atoms with Crippen LogP contribution in [0.1, 0.15) is 51.2 Å². The predicted molar refractivity (Wildman–Crippen MR) is 76.4 cm³/mol. The number of ketones is 1. The number of unbranched alkanes of at least 4 members (excludes halogenated alkanes) is 2. The first-order chi connectivity index (χ1) is 9.47. The maximum absolute atomic E-state index is 11.9. The van der Waals surface area contributed by atoms with Gasteiger partial charge in [-0.15, -0.1) is 0 Å². The highest BCUT2D eigenvalue weighted by atomic mass is 16.6. The molecule has 1 N–H and O–H groups in total. The Bertz CT molecular complexity index is 455. The number of hydrogen-bond acceptors (Lipinski definition) is 4. The zero-order chi connectivity index (χ0) is 15.1. The number of carbonyl (C=O) groups is 1. The monoisotopic (exact) mass is 279 g/mol. The van der Waals surface area contributed by atoms with Gasteiger partial charge in [-0.1, -0.05) is 26.7 Å². The molecule has 0 bridgehead atoms. The Kier molecular flexibility index (Phi) is 6.31. The largest absolute Gasteiger partial charge is 0.388 e. The van der Waals surface area contributed by atoms with E-state index in [9.17, 15) is 20.0 Å². The SMILES string of the molecule is CCCCCC(=O)C(C)C(O)c1ccc([N+](=O)[O-])cc1. The van der Waals surface area contributed by atoms with Crippen molar-refractivity contribution in [3.8, 4) is 0 Å². The van der Waals surface area contributed by atoms with Crippen molar-refractivity contribution in [2.24, 2.45) is 5.92 Å². The summed E-state index contributed by atoms with van der Waals surface area (Å²) < 4.78 is 0. The van der Waals surface area contributed by atoms with Crippen molar-refractivity contribution in [2.75, 3.05) is 0 Å². The number of non-ortho nitro benzene ring substituents is 1. The van der Waals surface area contributed by atoms with Crippen molar-refractivity contribution in [3.05, 3.63) is 39.9 Å². The molecule has 0 saturated heterocycles. The zero-order valence-corrected chi connectivity index (χ0v) is 11.9. The third-order valence-corrected chi connectivity index (χ3v) is 3.45. The summed E-state index contributed by atoms with van der Waals surface area (Å²) in [5, 5.41) is 20.7. The van der Waals surface area contributed by atoms with Crippen molar-refractivity contribution in [1.82, 2.24) is 0 Å². The Morgan fingerprint density at radius 3 is 2.40 bits per heavy atom. The summed E-state index contributed by atoms with van der Waals surface area (Å²) in [6, 6.07) is 5.68. The van der Waals surface area contributed by atoms with Gasteiger partial charge in [0, 0.05) is 24.5 Å². The standard InChI is InChI=1S/C15H21NO4/c1-3-4-5-6-14(17)11(2)15(18)12-7-9-13(10-8-12)16(19)20/h7-11,15,18H,3-6H2,1-2H3. The van der Waals surface area contributed by atoms with Crippen LogP contribution in [0.2, 0.25) is 0 Å². The van der Waals surface area contributed by atoms with Crippen LogP contribution in [-0.4, -0.2) is 15.8 Å². The van der Waals surface area contributed by atoms with Crippen molar-refractivity contribution in [1.29, 1.82) is 0 Å². The summed E-state index contributed by atoms with van der Waals surface area (Å²) in [5.74, 6) is -0.461. The average molecular weight is 279 g/mol. The van der Waals surface area contributed by atoms with Gasteiger partial charge >= 0.3 is 0 Å². The first kappa shape index (κ1) is 16.3. The fraction of sp³-hybridized carbons (Fsp3) is 0.533. The quantitative estimate of drug-likeness (QED) is 0.449. The minimum absolute atomic E-state index is 0.0251. The second-order valence-electron chi connectivity index (χ2n) is 5.01. The maximum atomic E-state index is 11.9. The van der Waals surface area contributed by atoms with E-state index in [2.05, 4.69) is 6.92 Å². The maximum Gasteiger partial charge on any atom is 0.269 e. The van der Waals surface area contributed by atoms with E-state index in [1.165, 1.54) is 24.3 Å². The van der Waals surface area contributed by atoms with Crippen LogP contribution in [0.5, 0.6) is 0 Å². The van der Waals surface area contributed by atoms with E-state index in [1.807, 2.05) is 0 Å². The first-order valence-electron chi connectivity index (χ1n) is 6.92. The van der Waals surface area contributed by atoms with Crippen LogP contribution in [-0.2, 0) is 4.79 Å². The number of benzene rings is 1. The van der Waals surface area contributed by atoms with Crippen LogP contribution in [0.4, 0.5) is 5.69 Å². The molecular weight excluding hydrogens is 258 g/mol. The topological polar surface area (TPSA) is 80.4 Å². The van der Waals surface area contributed by atoms with Crippen molar-refractivity contribution in [3.63, 3.8) is 0 Å². The smallest absolute Gasteiger partial charge is 0.269 e. The number of aliphatic hydroxyl groups is 1. The summed E-state index contributed by atoms with van der Waals surface area (Å²) in [5.41, 5.74) is 0.509. The molecular formula is C15H21NO4. The number of rotatable bonds is 8. The van der Waals surface area contributed by atoms with Crippen molar-refractivity contribution in [2.45, 2.75) is 45.6 Å². The molecule has 0 saturated carbocycles. The van der Waals surface area contributed by atoms with Gasteiger partial charge in [0.2, 0.25) is 0 Å². The van der Waals surface area contributed by atoms with E-state index in [-0.39, 0.29) is 11.5 Å². The fourth-order valence-electron chi connectivity index (χ4n) is 2.03. The lowest BCUT2D eigenvalue weighted by Gasteiger charge is -2.18. The van der Waals surface area contributed by atoms with Crippen LogP contribution in [0.25, 0.3) is 0 Å². The Balaban J connectivity index is 2.65. The lowest BCUT2D eigenvalue weighted by molar-refractivity contribution is -0.384. The van der Waals surface area contributed by atoms with Crippen LogP contribution in [0, 0.1) is 16.0 Å². The highest BCUT2D eigenvalue weighted by Crippen LogP contribution is 2.25. The molecule has 5 nitrogen and oxygen atoms in total. The van der Waals surface area contributed by atoms with E-state index in [1.54, 1.807) is 6.92 Å². The van der Waals surface area contributed by atoms with Crippen LogP contribution < -0.4 is 0 Å². The zero-order valence-electron chi connectivity index (χ0n) is 11.9. The van der Waals surface area contributed by atoms with E-state index in [0.717, 1.165) is 19.3 Å². The van der Waals surface area contributed by atoms with Gasteiger partial charge in [0.25, 0.3) is 5.69 Å². The number of carbonyl (C=O) groups excluding carboxylic acids is 1. The molecule has 5 heteroatoms. The molecule has 0 aliphatic rings. The van der Waals surface area contributed by atoms with Gasteiger partial charge in [0.05, 0.1) is 11.0 Å². The van der Waals surface area contributed by atoms with Crippen molar-refractivity contribution < 1.29 is 14.8 Å². The van der Waals surface area contributed by atoms with Crippen LogP contribution in [0.15, 0.2) is 24.3 Å². The Morgan fingerprint density at radius 2 is 1.90 bits per heavy atom. The van der Waals surface area contributed by atoms with Crippen molar-refractivity contribution >= 4 is 11.5 Å². The normalized spacial score (nSPS) is 13.8. The molecule has 0 amide bonds. The first-order valence-corrected chi connectivity index (χ1v) is 6.92. The molecule has 2 unspecified atom stereocenters. The number of nitro benzene ring substituents is 1. The predicted octanol–water partition coefficient (Wildman–Crippen LogP) is 3.41. The van der Waals surface area contributed by atoms with E-state index in [4.69, 9.17) is 0 Å². The molecule has 110 valence electrons. The molecule has 0 aliphatic heterocycles. The molecule has 2 atom stereocenters. The van der Waals surface area contributed by atoms with Gasteiger partial charge in [0.15, 0.2) is 0 Å². The highest BCUT2D eigenvalue weighted by Gasteiger charge is 2.23. The molecule has 1 aromatic carbocycles. The number of hydrogen-bond donors (Lipinski definition) is 1. The van der Waals surface area contributed by atoms with Gasteiger partial charge in [-0.25, -0.2) is 0 Å². The highest BCUT2D eigenvalue weighted by molar-refractivity contribution is 5.81. The Labute approximate surface area is 118 Å². The summed E-state index contributed by atoms with van der Waals surface area (Å²) >= 11 is 0. The molecule has 0 fully saturated rings. The number of nitro groups is 1. The van der Waals surface area contributed by atoms with Gasteiger partial charge in [-0.3, -0.25) is 14.9 Å². The number of Topliss-reactive ketones (excluding diaryl/α,β-unsaturated/α-hetero) is 1. The molecule has 0 aliphatic carbocycles. The Hall–Kier alpha value is -1.75. The summed E-state index contributed by atoms with van der Waals surface area (Å²) in [6.45, 7) is 3.76. The third kappa shape index (κ3) is 4.42. The second-order valence-corrected chi connectivity index (χ2v) is 5.01. The summed E-state index contributed by atoms with van der Waals surface area (Å²) in [7, 11) is 0. The average Bonchev–Trinajstić information content (AvgIpc) is 2.46. The molecule has 0 heterocycles. The van der Waals surface area contributed by atoms with E-state index >= 15 is 0 Å². The molecule has 1 aromatic rings.